The third kappa shape index (κ3) is 5.64. The topological polar surface area (TPSA) is 50.8 Å². The molecule has 4 heteroatoms. The molecule has 0 N–H and O–H groups in total. The minimum absolute atomic E-state index is 0.0330. The predicted octanol–water partition coefficient (Wildman–Crippen LogP) is 11.4. The Kier molecular flexibility index (Phi) is 7.25. The van der Waals surface area contributed by atoms with Gasteiger partial charge in [-0.2, -0.15) is 0 Å². The van der Waals surface area contributed by atoms with Gasteiger partial charge in [0.25, 0.3) is 0 Å². The molecule has 9 rings (SSSR count). The molecule has 1 unspecified atom stereocenters. The Morgan fingerprint density at radius 2 is 1.08 bits per heavy atom. The molecule has 49 heavy (non-hydrogen) atoms. The fourth-order valence-corrected chi connectivity index (χ4v) is 6.69. The zero-order chi connectivity index (χ0) is 32.6. The molecule has 1 aliphatic heterocycles. The van der Waals surface area contributed by atoms with Crippen molar-refractivity contribution in [3.8, 4) is 33.7 Å². The van der Waals surface area contributed by atoms with Crippen molar-refractivity contribution in [3.05, 3.63) is 187 Å². The van der Waals surface area contributed by atoms with E-state index in [0.717, 1.165) is 67.7 Å². The predicted molar refractivity (Wildman–Crippen MR) is 201 cm³/mol. The van der Waals surface area contributed by atoms with Crippen LogP contribution in [0.15, 0.2) is 184 Å². The van der Waals surface area contributed by atoms with Gasteiger partial charge in [0.05, 0.1) is 11.8 Å². The molecule has 0 fully saturated rings. The maximum atomic E-state index is 6.16. The Labute approximate surface area is 284 Å². The summed E-state index contributed by atoms with van der Waals surface area (Å²) < 4.78 is 6.16. The molecule has 0 bridgehead atoms. The maximum absolute atomic E-state index is 6.16. The average Bonchev–Trinajstić information content (AvgIpc) is 3.63. The normalized spacial score (nSPS) is 14.5. The molecule has 1 aromatic heterocycles. The second-order valence-corrected chi connectivity index (χ2v) is 12.4. The van der Waals surface area contributed by atoms with Crippen molar-refractivity contribution >= 4 is 33.4 Å². The molecular weight excluding hydrogens is 599 g/mol. The van der Waals surface area contributed by atoms with E-state index in [1.165, 1.54) is 16.7 Å². The van der Waals surface area contributed by atoms with Crippen LogP contribution in [0.3, 0.4) is 0 Å². The lowest BCUT2D eigenvalue weighted by Gasteiger charge is -2.22. The standard InChI is InChI=1S/C45H31N3O/c1-4-11-30(12-5-1)31-19-21-32(22-20-31)40-29-41(47-44(46-40)33-13-6-2-7-14-33)38-26-24-35-27-37(25-23-36(35)28-38)39-17-10-18-42-43(39)48-45(49-42)34-15-8-3-9-16-34/h1-28,40H,29H2. The van der Waals surface area contributed by atoms with Crippen molar-refractivity contribution in [1.29, 1.82) is 0 Å². The van der Waals surface area contributed by atoms with Crippen LogP contribution in [0, 0.1) is 0 Å². The van der Waals surface area contributed by atoms with Crippen molar-refractivity contribution in [2.24, 2.45) is 9.98 Å². The number of fused-ring (bicyclic) bond motifs is 2. The quantitative estimate of drug-likeness (QED) is 0.184. The monoisotopic (exact) mass is 629 g/mol. The second-order valence-electron chi connectivity index (χ2n) is 12.4. The van der Waals surface area contributed by atoms with Crippen LogP contribution in [0.1, 0.15) is 29.2 Å². The van der Waals surface area contributed by atoms with Crippen LogP contribution in [0.4, 0.5) is 0 Å². The first-order valence-electron chi connectivity index (χ1n) is 16.6. The molecule has 1 aliphatic rings. The lowest BCUT2D eigenvalue weighted by molar-refractivity contribution is 0.620. The Bertz CT molecular complexity index is 2500. The Balaban J connectivity index is 1.05. The molecule has 0 aliphatic carbocycles. The van der Waals surface area contributed by atoms with Crippen molar-refractivity contribution in [2.45, 2.75) is 12.5 Å². The van der Waals surface area contributed by atoms with Gasteiger partial charge in [-0.05, 0) is 68.9 Å². The Morgan fingerprint density at radius 1 is 0.490 bits per heavy atom. The van der Waals surface area contributed by atoms with E-state index >= 15 is 0 Å². The van der Waals surface area contributed by atoms with Gasteiger partial charge in [0, 0.05) is 23.1 Å². The molecule has 7 aromatic carbocycles. The van der Waals surface area contributed by atoms with Crippen molar-refractivity contribution in [2.75, 3.05) is 0 Å². The molecule has 4 nitrogen and oxygen atoms in total. The van der Waals surface area contributed by atoms with Crippen LogP contribution in [0.25, 0.3) is 55.6 Å². The fraction of sp³-hybridized carbons (Fsp3) is 0.0444. The minimum atomic E-state index is -0.0330. The molecule has 1 atom stereocenters. The SMILES string of the molecule is c1ccc(C2=NC(c3ccc(-c4ccccc4)cc3)CC(c3ccc4cc(-c5cccc6oc(-c7ccccc7)nc56)ccc4c3)=N2)cc1. The van der Waals surface area contributed by atoms with Gasteiger partial charge >= 0.3 is 0 Å². The number of hydrogen-bond acceptors (Lipinski definition) is 4. The molecule has 0 saturated heterocycles. The van der Waals surface area contributed by atoms with Crippen LogP contribution in [-0.4, -0.2) is 16.5 Å². The minimum Gasteiger partial charge on any atom is -0.436 e. The first-order chi connectivity index (χ1) is 24.2. The molecule has 0 radical (unpaired) electrons. The number of nitrogens with zero attached hydrogens (tertiary/aromatic N) is 3. The number of oxazole rings is 1. The summed E-state index contributed by atoms with van der Waals surface area (Å²) in [5.74, 6) is 1.40. The molecule has 0 amide bonds. The van der Waals surface area contributed by atoms with E-state index in [-0.39, 0.29) is 6.04 Å². The second kappa shape index (κ2) is 12.3. The number of rotatable bonds is 6. The van der Waals surface area contributed by atoms with E-state index in [1.807, 2.05) is 66.7 Å². The van der Waals surface area contributed by atoms with Gasteiger partial charge in [-0.25, -0.2) is 9.98 Å². The van der Waals surface area contributed by atoms with E-state index in [4.69, 9.17) is 19.4 Å². The molecule has 8 aromatic rings. The van der Waals surface area contributed by atoms with Crippen LogP contribution in [-0.2, 0) is 0 Å². The van der Waals surface area contributed by atoms with Crippen molar-refractivity contribution < 1.29 is 4.42 Å². The highest BCUT2D eigenvalue weighted by Gasteiger charge is 2.22. The summed E-state index contributed by atoms with van der Waals surface area (Å²) in [5.41, 5.74) is 11.5. The number of benzene rings is 7. The number of aliphatic imine (C=N–C) groups is 2. The van der Waals surface area contributed by atoms with Crippen LogP contribution < -0.4 is 0 Å². The van der Waals surface area contributed by atoms with Gasteiger partial charge in [0.15, 0.2) is 11.4 Å². The maximum Gasteiger partial charge on any atom is 0.227 e. The van der Waals surface area contributed by atoms with E-state index in [9.17, 15) is 0 Å². The largest absolute Gasteiger partial charge is 0.436 e. The Hall–Kier alpha value is -6.39. The van der Waals surface area contributed by atoms with Gasteiger partial charge in [-0.3, -0.25) is 4.99 Å². The van der Waals surface area contributed by atoms with E-state index in [1.54, 1.807) is 0 Å². The summed E-state index contributed by atoms with van der Waals surface area (Å²) in [5, 5.41) is 2.32. The third-order valence-electron chi connectivity index (χ3n) is 9.26. The first-order valence-corrected chi connectivity index (χ1v) is 16.6. The zero-order valence-electron chi connectivity index (χ0n) is 26.7. The molecule has 0 spiro atoms. The van der Waals surface area contributed by atoms with E-state index in [0.29, 0.717) is 5.89 Å². The lowest BCUT2D eigenvalue weighted by Crippen LogP contribution is -2.17. The summed E-state index contributed by atoms with van der Waals surface area (Å²) in [4.78, 5) is 15.2. The zero-order valence-corrected chi connectivity index (χ0v) is 26.7. The summed E-state index contributed by atoms with van der Waals surface area (Å²) in [6.45, 7) is 0. The fourth-order valence-electron chi connectivity index (χ4n) is 6.69. The van der Waals surface area contributed by atoms with E-state index in [2.05, 4.69) is 103 Å². The van der Waals surface area contributed by atoms with Crippen molar-refractivity contribution in [1.82, 2.24) is 4.98 Å². The summed E-state index contributed by atoms with van der Waals surface area (Å²) in [6, 6.07) is 59.0. The van der Waals surface area contributed by atoms with Gasteiger partial charge in [0.2, 0.25) is 5.89 Å². The molecule has 0 saturated carbocycles. The summed E-state index contributed by atoms with van der Waals surface area (Å²) >= 11 is 0. The molecular formula is C45H31N3O. The van der Waals surface area contributed by atoms with Gasteiger partial charge < -0.3 is 4.42 Å². The van der Waals surface area contributed by atoms with Crippen LogP contribution >= 0.6 is 0 Å². The van der Waals surface area contributed by atoms with Crippen LogP contribution in [0.5, 0.6) is 0 Å². The lowest BCUT2D eigenvalue weighted by atomic mass is 9.93. The number of para-hydroxylation sites is 1. The summed E-state index contributed by atoms with van der Waals surface area (Å²) in [6.07, 6.45) is 0.725. The summed E-state index contributed by atoms with van der Waals surface area (Å²) in [7, 11) is 0. The van der Waals surface area contributed by atoms with E-state index < -0.39 is 0 Å². The third-order valence-corrected chi connectivity index (χ3v) is 9.26. The smallest absolute Gasteiger partial charge is 0.227 e. The van der Waals surface area contributed by atoms with Crippen LogP contribution in [0.2, 0.25) is 0 Å². The number of amidine groups is 1. The first kappa shape index (κ1) is 28.8. The highest BCUT2D eigenvalue weighted by atomic mass is 16.3. The van der Waals surface area contributed by atoms with Gasteiger partial charge in [-0.15, -0.1) is 0 Å². The highest BCUT2D eigenvalue weighted by molar-refractivity contribution is 6.15. The molecule has 232 valence electrons. The number of hydrogen-bond donors (Lipinski definition) is 0. The van der Waals surface area contributed by atoms with Crippen molar-refractivity contribution in [3.63, 3.8) is 0 Å². The Morgan fingerprint density at radius 3 is 1.80 bits per heavy atom. The average molecular weight is 630 g/mol. The highest BCUT2D eigenvalue weighted by Crippen LogP contribution is 2.35. The number of aromatic nitrogens is 1. The van der Waals surface area contributed by atoms with Gasteiger partial charge in [0.1, 0.15) is 5.52 Å². The molecule has 2 heterocycles. The van der Waals surface area contributed by atoms with Gasteiger partial charge in [-0.1, -0.05) is 140 Å².